The lowest BCUT2D eigenvalue weighted by Crippen LogP contribution is -2.17. The van der Waals surface area contributed by atoms with E-state index >= 15 is 0 Å². The Balaban J connectivity index is 2.57. The van der Waals surface area contributed by atoms with E-state index in [-0.39, 0.29) is 12.1 Å². The Morgan fingerprint density at radius 2 is 2.00 bits per heavy atom. The lowest BCUT2D eigenvalue weighted by molar-refractivity contribution is -0.104. The first-order chi connectivity index (χ1) is 9.10. The number of methoxy groups -OCH3 is 3. The Hall–Kier alpha value is -1.24. The molecule has 1 N–H and O–H groups in total. The van der Waals surface area contributed by atoms with Crippen molar-refractivity contribution in [1.29, 1.82) is 0 Å². The Morgan fingerprint density at radius 3 is 2.58 bits per heavy atom. The molecule has 0 aromatic heterocycles. The number of hydrogen-bond donors (Lipinski definition) is 1. The fraction of sp³-hybridized carbons (Fsp3) is 0.462. The minimum atomic E-state index is -0.354. The van der Waals surface area contributed by atoms with Crippen LogP contribution in [0.2, 0.25) is 0 Å². The molecule has 0 aliphatic rings. The number of ether oxygens (including phenoxy) is 3. The number of hydrogen-bond acceptors (Lipinski definition) is 4. The number of anilines is 1. The van der Waals surface area contributed by atoms with Crippen LogP contribution in [0.25, 0.3) is 0 Å². The number of thiocarbonyl (C=S) groups is 1. The average Bonchev–Trinajstić information content (AvgIpc) is 2.42. The molecule has 0 fully saturated rings. The molecule has 0 spiro atoms. The summed E-state index contributed by atoms with van der Waals surface area (Å²) >= 11 is 5.22. The topological polar surface area (TPSA) is 39.7 Å². The van der Waals surface area contributed by atoms with E-state index < -0.39 is 0 Å². The molecule has 0 saturated heterocycles. The molecule has 6 heteroatoms. The molecule has 0 saturated carbocycles. The SMILES string of the molecule is COc1cc(F)ccc1NC(=S)CCC(OC)OC. The fourth-order valence-electron chi connectivity index (χ4n) is 1.56. The van der Waals surface area contributed by atoms with Gasteiger partial charge in [-0.25, -0.2) is 4.39 Å². The Kier molecular flexibility index (Phi) is 6.69. The van der Waals surface area contributed by atoms with Crippen molar-refractivity contribution in [2.75, 3.05) is 26.6 Å². The standard InChI is InChI=1S/C13H18FNO3S/c1-16-11-8-9(14)4-5-10(11)15-12(19)6-7-13(17-2)18-3/h4-5,8,13H,6-7H2,1-3H3,(H,15,19). The Bertz CT molecular complexity index is 424. The summed E-state index contributed by atoms with van der Waals surface area (Å²) in [5.74, 6) is 0.0598. The monoisotopic (exact) mass is 287 g/mol. The van der Waals surface area contributed by atoms with Crippen LogP contribution in [0.3, 0.4) is 0 Å². The highest BCUT2D eigenvalue weighted by atomic mass is 32.1. The predicted molar refractivity (Wildman–Crippen MR) is 76.2 cm³/mol. The van der Waals surface area contributed by atoms with Crippen LogP contribution in [0.15, 0.2) is 18.2 Å². The molecular weight excluding hydrogens is 269 g/mol. The van der Waals surface area contributed by atoms with Crippen molar-refractivity contribution in [3.63, 3.8) is 0 Å². The summed E-state index contributed by atoms with van der Waals surface area (Å²) in [7, 11) is 4.64. The highest BCUT2D eigenvalue weighted by Gasteiger charge is 2.09. The van der Waals surface area contributed by atoms with Gasteiger partial charge in [-0.3, -0.25) is 0 Å². The molecule has 1 rings (SSSR count). The zero-order valence-corrected chi connectivity index (χ0v) is 12.1. The fourth-order valence-corrected chi connectivity index (χ4v) is 1.79. The number of halogens is 1. The molecule has 1 aromatic rings. The van der Waals surface area contributed by atoms with Crippen molar-refractivity contribution in [1.82, 2.24) is 0 Å². The van der Waals surface area contributed by atoms with E-state index in [0.29, 0.717) is 29.3 Å². The summed E-state index contributed by atoms with van der Waals surface area (Å²) in [6.07, 6.45) is 0.958. The molecule has 0 heterocycles. The molecule has 0 aliphatic carbocycles. The Labute approximate surface area is 117 Å². The lowest BCUT2D eigenvalue weighted by Gasteiger charge is -2.15. The van der Waals surface area contributed by atoms with Gasteiger partial charge in [-0.2, -0.15) is 0 Å². The van der Waals surface area contributed by atoms with Crippen molar-refractivity contribution in [2.24, 2.45) is 0 Å². The van der Waals surface area contributed by atoms with Crippen LogP contribution < -0.4 is 10.1 Å². The van der Waals surface area contributed by atoms with Crippen molar-refractivity contribution in [3.8, 4) is 5.75 Å². The number of rotatable bonds is 7. The summed E-state index contributed by atoms with van der Waals surface area (Å²) in [4.78, 5) is 0.615. The molecule has 0 bridgehead atoms. The van der Waals surface area contributed by atoms with Gasteiger partial charge in [0.25, 0.3) is 0 Å². The van der Waals surface area contributed by atoms with E-state index in [2.05, 4.69) is 5.32 Å². The third-order valence-electron chi connectivity index (χ3n) is 2.57. The van der Waals surface area contributed by atoms with Gasteiger partial charge < -0.3 is 19.5 Å². The van der Waals surface area contributed by atoms with Crippen molar-refractivity contribution >= 4 is 22.9 Å². The third-order valence-corrected chi connectivity index (χ3v) is 2.88. The van der Waals surface area contributed by atoms with E-state index in [0.717, 1.165) is 0 Å². The van der Waals surface area contributed by atoms with Crippen molar-refractivity contribution < 1.29 is 18.6 Å². The molecule has 0 unspecified atom stereocenters. The van der Waals surface area contributed by atoms with Gasteiger partial charge >= 0.3 is 0 Å². The molecule has 0 atom stereocenters. The normalized spacial score (nSPS) is 10.6. The second-order valence-corrected chi connectivity index (χ2v) is 4.33. The summed E-state index contributed by atoms with van der Waals surface area (Å²) in [6, 6.07) is 4.24. The van der Waals surface area contributed by atoms with Crippen LogP contribution >= 0.6 is 12.2 Å². The quantitative estimate of drug-likeness (QED) is 0.616. The predicted octanol–water partition coefficient (Wildman–Crippen LogP) is 2.97. The van der Waals surface area contributed by atoms with Crippen LogP contribution in [-0.4, -0.2) is 32.6 Å². The highest BCUT2D eigenvalue weighted by Crippen LogP contribution is 2.25. The minimum absolute atomic E-state index is 0.283. The zero-order chi connectivity index (χ0) is 14.3. The van der Waals surface area contributed by atoms with E-state index in [1.165, 1.54) is 19.2 Å². The van der Waals surface area contributed by atoms with Gasteiger partial charge in [0.05, 0.1) is 17.8 Å². The van der Waals surface area contributed by atoms with Gasteiger partial charge in [-0.15, -0.1) is 0 Å². The Morgan fingerprint density at radius 1 is 1.32 bits per heavy atom. The largest absolute Gasteiger partial charge is 0.494 e. The van der Waals surface area contributed by atoms with Crippen molar-refractivity contribution in [2.45, 2.75) is 19.1 Å². The molecule has 0 amide bonds. The van der Waals surface area contributed by atoms with Gasteiger partial charge in [0, 0.05) is 33.1 Å². The number of nitrogens with one attached hydrogen (secondary N) is 1. The second-order valence-electron chi connectivity index (χ2n) is 3.83. The van der Waals surface area contributed by atoms with Gasteiger partial charge in [0.1, 0.15) is 11.6 Å². The molecule has 0 radical (unpaired) electrons. The first-order valence-electron chi connectivity index (χ1n) is 5.79. The van der Waals surface area contributed by atoms with Crippen LogP contribution in [0, 0.1) is 5.82 Å². The first kappa shape index (κ1) is 15.8. The maximum atomic E-state index is 13.0. The minimum Gasteiger partial charge on any atom is -0.494 e. The molecule has 4 nitrogen and oxygen atoms in total. The summed E-state index contributed by atoms with van der Waals surface area (Å²) in [5.41, 5.74) is 0.639. The molecular formula is C13H18FNO3S. The van der Waals surface area contributed by atoms with E-state index in [4.69, 9.17) is 26.4 Å². The average molecular weight is 287 g/mol. The third kappa shape index (κ3) is 5.10. The summed E-state index contributed by atoms with van der Waals surface area (Å²) in [6.45, 7) is 0. The number of benzene rings is 1. The van der Waals surface area contributed by atoms with Crippen molar-refractivity contribution in [3.05, 3.63) is 24.0 Å². The van der Waals surface area contributed by atoms with Gasteiger partial charge in [0.2, 0.25) is 0 Å². The summed E-state index contributed by atoms with van der Waals surface area (Å²) < 4.78 is 28.3. The van der Waals surface area contributed by atoms with Gasteiger partial charge in [0.15, 0.2) is 6.29 Å². The first-order valence-corrected chi connectivity index (χ1v) is 6.20. The molecule has 1 aromatic carbocycles. The van der Waals surface area contributed by atoms with Crippen LogP contribution in [-0.2, 0) is 9.47 Å². The van der Waals surface area contributed by atoms with Gasteiger partial charge in [-0.1, -0.05) is 12.2 Å². The maximum Gasteiger partial charge on any atom is 0.157 e. The summed E-state index contributed by atoms with van der Waals surface area (Å²) in [5, 5.41) is 3.02. The van der Waals surface area contributed by atoms with E-state index in [1.54, 1.807) is 20.3 Å². The molecule has 0 aliphatic heterocycles. The smallest absolute Gasteiger partial charge is 0.157 e. The van der Waals surface area contributed by atoms with E-state index in [1.807, 2.05) is 0 Å². The van der Waals surface area contributed by atoms with Crippen LogP contribution in [0.5, 0.6) is 5.75 Å². The zero-order valence-electron chi connectivity index (χ0n) is 11.2. The van der Waals surface area contributed by atoms with E-state index in [9.17, 15) is 4.39 Å². The molecule has 19 heavy (non-hydrogen) atoms. The highest BCUT2D eigenvalue weighted by molar-refractivity contribution is 7.80. The van der Waals surface area contributed by atoms with Crippen LogP contribution in [0.4, 0.5) is 10.1 Å². The maximum absolute atomic E-state index is 13.0. The second kappa shape index (κ2) is 8.04. The van der Waals surface area contributed by atoms with Gasteiger partial charge in [-0.05, 0) is 12.1 Å². The lowest BCUT2D eigenvalue weighted by atomic mass is 10.2. The molecule has 106 valence electrons. The van der Waals surface area contributed by atoms with Crippen LogP contribution in [0.1, 0.15) is 12.8 Å².